The average Bonchev–Trinajstić information content (AvgIpc) is 2.12. The second-order valence-electron chi connectivity index (χ2n) is 2.72. The number of halogens is 3. The molecule has 0 saturated carbocycles. The molecule has 0 fully saturated rings. The van der Waals surface area contributed by atoms with E-state index in [4.69, 9.17) is 4.74 Å². The van der Waals surface area contributed by atoms with Gasteiger partial charge in [-0.1, -0.05) is 31.9 Å². The van der Waals surface area contributed by atoms with Crippen LogP contribution in [0.15, 0.2) is 22.7 Å². The van der Waals surface area contributed by atoms with E-state index in [1.165, 1.54) is 12.1 Å². The van der Waals surface area contributed by atoms with E-state index in [0.29, 0.717) is 15.6 Å². The summed E-state index contributed by atoms with van der Waals surface area (Å²) in [4.78, 5) is 0. The third-order valence-electron chi connectivity index (χ3n) is 1.46. The molecule has 0 saturated heterocycles. The van der Waals surface area contributed by atoms with E-state index in [1.807, 2.05) is 0 Å². The molecule has 0 aromatic heterocycles. The van der Waals surface area contributed by atoms with Gasteiger partial charge < -0.3 is 9.84 Å². The van der Waals surface area contributed by atoms with Crippen molar-refractivity contribution in [2.75, 3.05) is 11.9 Å². The van der Waals surface area contributed by atoms with Crippen LogP contribution in [0.1, 0.15) is 0 Å². The molecule has 2 nitrogen and oxygen atoms in total. The van der Waals surface area contributed by atoms with E-state index in [-0.39, 0.29) is 12.4 Å². The SMILES string of the molecule is OC(CBr)COc1cc(F)cc(Br)c1. The molecule has 0 amide bonds. The summed E-state index contributed by atoms with van der Waals surface area (Å²) < 4.78 is 18.6. The minimum absolute atomic E-state index is 0.140. The fourth-order valence-corrected chi connectivity index (χ4v) is 1.48. The number of rotatable bonds is 4. The molecule has 1 aromatic carbocycles. The Morgan fingerprint density at radius 3 is 2.71 bits per heavy atom. The van der Waals surface area contributed by atoms with Crippen LogP contribution in [0, 0.1) is 5.82 Å². The third kappa shape index (κ3) is 3.94. The summed E-state index contributed by atoms with van der Waals surface area (Å²) in [5, 5.41) is 9.61. The lowest BCUT2D eigenvalue weighted by molar-refractivity contribution is 0.127. The molecule has 0 spiro atoms. The minimum atomic E-state index is -0.586. The van der Waals surface area contributed by atoms with Crippen LogP contribution >= 0.6 is 31.9 Å². The summed E-state index contributed by atoms with van der Waals surface area (Å²) >= 11 is 6.25. The quantitative estimate of drug-likeness (QED) is 0.862. The van der Waals surface area contributed by atoms with Crippen LogP contribution in [0.3, 0.4) is 0 Å². The lowest BCUT2D eigenvalue weighted by Crippen LogP contribution is -2.18. The molecular weight excluding hydrogens is 319 g/mol. The lowest BCUT2D eigenvalue weighted by Gasteiger charge is -2.09. The van der Waals surface area contributed by atoms with E-state index in [9.17, 15) is 9.50 Å². The van der Waals surface area contributed by atoms with E-state index >= 15 is 0 Å². The van der Waals surface area contributed by atoms with Crippen LogP contribution in [-0.4, -0.2) is 23.1 Å². The van der Waals surface area contributed by atoms with Gasteiger partial charge in [0.15, 0.2) is 0 Å². The van der Waals surface area contributed by atoms with E-state index in [1.54, 1.807) is 6.07 Å². The Hall–Kier alpha value is -0.130. The number of aliphatic hydroxyl groups is 1. The van der Waals surface area contributed by atoms with Gasteiger partial charge in [0.05, 0.1) is 6.10 Å². The number of hydrogen-bond donors (Lipinski definition) is 1. The van der Waals surface area contributed by atoms with Gasteiger partial charge in [-0.25, -0.2) is 4.39 Å². The molecule has 0 bridgehead atoms. The first-order valence-corrected chi connectivity index (χ1v) is 5.86. The van der Waals surface area contributed by atoms with Gasteiger partial charge in [-0.05, 0) is 12.1 Å². The first kappa shape index (κ1) is 11.9. The first-order chi connectivity index (χ1) is 6.61. The Morgan fingerprint density at radius 2 is 2.14 bits per heavy atom. The van der Waals surface area contributed by atoms with Crippen LogP contribution in [0.4, 0.5) is 4.39 Å². The van der Waals surface area contributed by atoms with E-state index < -0.39 is 6.10 Å². The summed E-state index contributed by atoms with van der Waals surface area (Å²) in [6.07, 6.45) is -0.586. The van der Waals surface area contributed by atoms with Crippen LogP contribution < -0.4 is 4.74 Å². The Bertz CT molecular complexity index is 287. The second kappa shape index (κ2) is 5.68. The minimum Gasteiger partial charge on any atom is -0.491 e. The molecule has 1 atom stereocenters. The molecule has 78 valence electrons. The number of benzene rings is 1. The molecule has 5 heteroatoms. The maximum Gasteiger partial charge on any atom is 0.128 e. The highest BCUT2D eigenvalue weighted by Crippen LogP contribution is 2.20. The third-order valence-corrected chi connectivity index (χ3v) is 2.66. The van der Waals surface area contributed by atoms with Crippen molar-refractivity contribution in [3.8, 4) is 5.75 Å². The van der Waals surface area contributed by atoms with Crippen molar-refractivity contribution in [3.05, 3.63) is 28.5 Å². The standard InChI is InChI=1S/C9H9Br2FO2/c10-4-8(13)5-14-9-2-6(11)1-7(12)3-9/h1-3,8,13H,4-5H2. The Labute approximate surface area is 98.3 Å². The highest BCUT2D eigenvalue weighted by Gasteiger charge is 2.04. The molecule has 1 rings (SSSR count). The molecule has 0 radical (unpaired) electrons. The van der Waals surface area contributed by atoms with Crippen LogP contribution in [0.2, 0.25) is 0 Å². The largest absolute Gasteiger partial charge is 0.491 e. The van der Waals surface area contributed by atoms with Gasteiger partial charge in [0.2, 0.25) is 0 Å². The normalized spacial score (nSPS) is 12.6. The van der Waals surface area contributed by atoms with Crippen molar-refractivity contribution in [2.45, 2.75) is 6.10 Å². The maximum atomic E-state index is 12.9. The van der Waals surface area contributed by atoms with Crippen molar-refractivity contribution in [3.63, 3.8) is 0 Å². The van der Waals surface area contributed by atoms with Gasteiger partial charge in [0.25, 0.3) is 0 Å². The summed E-state index contributed by atoms with van der Waals surface area (Å²) in [5.74, 6) is 0.0274. The molecule has 14 heavy (non-hydrogen) atoms. The zero-order chi connectivity index (χ0) is 10.6. The smallest absolute Gasteiger partial charge is 0.128 e. The van der Waals surface area contributed by atoms with Crippen molar-refractivity contribution in [1.82, 2.24) is 0 Å². The predicted molar refractivity (Wildman–Crippen MR) is 59.4 cm³/mol. The van der Waals surface area contributed by atoms with Gasteiger partial charge in [0.1, 0.15) is 18.2 Å². The van der Waals surface area contributed by atoms with Crippen molar-refractivity contribution >= 4 is 31.9 Å². The Morgan fingerprint density at radius 1 is 1.43 bits per heavy atom. The molecular formula is C9H9Br2FO2. The maximum absolute atomic E-state index is 12.9. The van der Waals surface area contributed by atoms with Crippen molar-refractivity contribution < 1.29 is 14.2 Å². The van der Waals surface area contributed by atoms with Gasteiger partial charge in [0, 0.05) is 15.9 Å². The monoisotopic (exact) mass is 326 g/mol. The molecule has 0 aliphatic rings. The van der Waals surface area contributed by atoms with E-state index in [2.05, 4.69) is 31.9 Å². The predicted octanol–water partition coefficient (Wildman–Crippen LogP) is 2.72. The second-order valence-corrected chi connectivity index (χ2v) is 4.29. The topological polar surface area (TPSA) is 29.5 Å². The van der Waals surface area contributed by atoms with Gasteiger partial charge in [-0.15, -0.1) is 0 Å². The number of aliphatic hydroxyl groups excluding tert-OH is 1. The molecule has 1 aromatic rings. The highest BCUT2D eigenvalue weighted by atomic mass is 79.9. The average molecular weight is 328 g/mol. The molecule has 1 N–H and O–H groups in total. The lowest BCUT2D eigenvalue weighted by atomic mass is 10.3. The van der Waals surface area contributed by atoms with Gasteiger partial charge in [-0.2, -0.15) is 0 Å². The summed E-state index contributed by atoms with van der Waals surface area (Å²) in [6.45, 7) is 0.140. The van der Waals surface area contributed by atoms with Crippen molar-refractivity contribution in [2.24, 2.45) is 0 Å². The number of hydrogen-bond acceptors (Lipinski definition) is 2. The molecule has 0 heterocycles. The number of alkyl halides is 1. The Balaban J connectivity index is 2.58. The highest BCUT2D eigenvalue weighted by molar-refractivity contribution is 9.10. The van der Waals surface area contributed by atoms with Crippen LogP contribution in [0.25, 0.3) is 0 Å². The summed E-state index contributed by atoms with van der Waals surface area (Å²) in [5.41, 5.74) is 0. The summed E-state index contributed by atoms with van der Waals surface area (Å²) in [6, 6.07) is 4.25. The van der Waals surface area contributed by atoms with Crippen LogP contribution in [0.5, 0.6) is 5.75 Å². The summed E-state index contributed by atoms with van der Waals surface area (Å²) in [7, 11) is 0. The van der Waals surface area contributed by atoms with Gasteiger partial charge >= 0.3 is 0 Å². The fraction of sp³-hybridized carbons (Fsp3) is 0.333. The van der Waals surface area contributed by atoms with Crippen molar-refractivity contribution in [1.29, 1.82) is 0 Å². The van der Waals surface area contributed by atoms with E-state index in [0.717, 1.165) is 0 Å². The number of ether oxygens (including phenoxy) is 1. The Kier molecular flexibility index (Phi) is 4.84. The van der Waals surface area contributed by atoms with Gasteiger partial charge in [-0.3, -0.25) is 0 Å². The first-order valence-electron chi connectivity index (χ1n) is 3.94. The zero-order valence-electron chi connectivity index (χ0n) is 7.21. The molecule has 0 aliphatic heterocycles. The fourth-order valence-electron chi connectivity index (χ4n) is 0.849. The van der Waals surface area contributed by atoms with Crippen LogP contribution in [-0.2, 0) is 0 Å². The molecule has 1 unspecified atom stereocenters. The molecule has 0 aliphatic carbocycles. The zero-order valence-corrected chi connectivity index (χ0v) is 10.4.